The fourth-order valence-electron chi connectivity index (χ4n) is 4.60. The molecule has 202 valence electrons. The van der Waals surface area contributed by atoms with E-state index in [2.05, 4.69) is 9.98 Å². The number of hydrogen-bond donors (Lipinski definition) is 0. The fourth-order valence-corrected chi connectivity index (χ4v) is 4.60. The molecule has 3 aromatic heterocycles. The molecule has 4 aromatic rings. The minimum atomic E-state index is -4.81. The van der Waals surface area contributed by atoms with E-state index in [-0.39, 0.29) is 41.3 Å². The highest BCUT2D eigenvalue weighted by molar-refractivity contribution is 5.98. The lowest BCUT2D eigenvalue weighted by atomic mass is 10.1. The summed E-state index contributed by atoms with van der Waals surface area (Å²) < 4.78 is 54.6. The standard InChI is InChI=1S/C27H23F3N4O5/c1-2-38-26(37)19-14-18-22(31-21-11-5-6-12-33(21)25(18)36)34(15-16-8-7-13-39-16)23(19)32-24(35)17-9-3-4-10-20(17)27(28,29)30/h3-6,9-12,14,16H,2,7-8,13,15H2,1H3/t16-/m1/s1. The highest BCUT2D eigenvalue weighted by atomic mass is 19.4. The van der Waals surface area contributed by atoms with Crippen molar-refractivity contribution in [1.82, 2.24) is 14.0 Å². The Morgan fingerprint density at radius 2 is 1.92 bits per heavy atom. The van der Waals surface area contributed by atoms with Crippen LogP contribution in [0.3, 0.4) is 0 Å². The van der Waals surface area contributed by atoms with Gasteiger partial charge in [0.2, 0.25) is 0 Å². The van der Waals surface area contributed by atoms with E-state index in [9.17, 15) is 27.6 Å². The van der Waals surface area contributed by atoms with Crippen molar-refractivity contribution in [1.29, 1.82) is 0 Å². The first-order valence-electron chi connectivity index (χ1n) is 12.3. The van der Waals surface area contributed by atoms with Gasteiger partial charge in [-0.15, -0.1) is 0 Å². The van der Waals surface area contributed by atoms with Gasteiger partial charge in [0.25, 0.3) is 11.5 Å². The van der Waals surface area contributed by atoms with Gasteiger partial charge in [0.1, 0.15) is 16.9 Å². The van der Waals surface area contributed by atoms with Gasteiger partial charge in [0.15, 0.2) is 5.49 Å². The summed E-state index contributed by atoms with van der Waals surface area (Å²) in [7, 11) is 0. The van der Waals surface area contributed by atoms with Gasteiger partial charge in [0, 0.05) is 12.8 Å². The molecule has 5 rings (SSSR count). The zero-order valence-electron chi connectivity index (χ0n) is 20.8. The Balaban J connectivity index is 1.86. The lowest BCUT2D eigenvalue weighted by molar-refractivity contribution is -0.137. The van der Waals surface area contributed by atoms with Gasteiger partial charge in [-0.25, -0.2) is 9.78 Å². The predicted molar refractivity (Wildman–Crippen MR) is 133 cm³/mol. The molecule has 1 aliphatic heterocycles. The number of pyridine rings is 2. The van der Waals surface area contributed by atoms with E-state index in [0.717, 1.165) is 18.6 Å². The van der Waals surface area contributed by atoms with Gasteiger partial charge in [-0.3, -0.25) is 14.0 Å². The molecule has 9 nitrogen and oxygen atoms in total. The molecular formula is C27H23F3N4O5. The summed E-state index contributed by atoms with van der Waals surface area (Å²) in [4.78, 5) is 48.4. The van der Waals surface area contributed by atoms with Gasteiger partial charge in [-0.05, 0) is 50.1 Å². The highest BCUT2D eigenvalue weighted by Crippen LogP contribution is 2.32. The Labute approximate surface area is 219 Å². The number of carbonyl (C=O) groups is 2. The summed E-state index contributed by atoms with van der Waals surface area (Å²) in [6, 6.07) is 10.4. The number of halogens is 3. The van der Waals surface area contributed by atoms with Crippen LogP contribution in [0.15, 0.2) is 64.5 Å². The second kappa shape index (κ2) is 10.4. The van der Waals surface area contributed by atoms with Crippen LogP contribution in [0.5, 0.6) is 0 Å². The molecular weight excluding hydrogens is 517 g/mol. The first kappa shape index (κ1) is 26.3. The van der Waals surface area contributed by atoms with E-state index in [0.29, 0.717) is 18.7 Å². The molecule has 12 heteroatoms. The number of esters is 1. The predicted octanol–water partition coefficient (Wildman–Crippen LogP) is 3.76. The Morgan fingerprint density at radius 1 is 1.15 bits per heavy atom. The molecule has 0 aliphatic carbocycles. The van der Waals surface area contributed by atoms with E-state index < -0.39 is 34.7 Å². The lowest BCUT2D eigenvalue weighted by Crippen LogP contribution is -2.35. The number of ether oxygens (including phenoxy) is 2. The summed E-state index contributed by atoms with van der Waals surface area (Å²) in [6.45, 7) is 2.09. The summed E-state index contributed by atoms with van der Waals surface area (Å²) in [5.74, 6) is -2.11. The summed E-state index contributed by atoms with van der Waals surface area (Å²) in [5, 5.41) is 0.0434. The Bertz CT molecular complexity index is 1720. The van der Waals surface area contributed by atoms with Crippen LogP contribution in [-0.2, 0) is 22.2 Å². The maximum absolute atomic E-state index is 13.7. The van der Waals surface area contributed by atoms with E-state index in [1.54, 1.807) is 25.1 Å². The van der Waals surface area contributed by atoms with Gasteiger partial charge in [-0.1, -0.05) is 18.2 Å². The summed E-state index contributed by atoms with van der Waals surface area (Å²) in [5.41, 5.74) is -2.46. The quantitative estimate of drug-likeness (QED) is 0.282. The molecule has 39 heavy (non-hydrogen) atoms. The van der Waals surface area contributed by atoms with Gasteiger partial charge < -0.3 is 14.0 Å². The molecule has 0 N–H and O–H groups in total. The Kier molecular flexibility index (Phi) is 7.04. The van der Waals surface area contributed by atoms with Crippen molar-refractivity contribution < 1.29 is 32.2 Å². The Hall–Kier alpha value is -4.32. The monoisotopic (exact) mass is 540 g/mol. The molecule has 0 saturated carbocycles. The number of fused-ring (bicyclic) bond motifs is 2. The second-order valence-corrected chi connectivity index (χ2v) is 8.89. The van der Waals surface area contributed by atoms with Crippen molar-refractivity contribution in [2.45, 2.75) is 38.6 Å². The van der Waals surface area contributed by atoms with Crippen molar-refractivity contribution in [2.24, 2.45) is 4.99 Å². The number of nitrogens with zero attached hydrogens (tertiary/aromatic N) is 4. The van der Waals surface area contributed by atoms with Crippen molar-refractivity contribution >= 4 is 28.6 Å². The number of alkyl halides is 3. The maximum atomic E-state index is 13.7. The van der Waals surface area contributed by atoms with E-state index in [1.807, 2.05) is 0 Å². The van der Waals surface area contributed by atoms with Gasteiger partial charge in [-0.2, -0.15) is 18.2 Å². The number of amides is 1. The van der Waals surface area contributed by atoms with Gasteiger partial charge in [0.05, 0.1) is 35.8 Å². The van der Waals surface area contributed by atoms with Crippen LogP contribution in [0.25, 0.3) is 16.7 Å². The zero-order chi connectivity index (χ0) is 27.7. The highest BCUT2D eigenvalue weighted by Gasteiger charge is 2.35. The third-order valence-electron chi connectivity index (χ3n) is 6.37. The number of carbonyl (C=O) groups excluding carboxylic acids is 2. The second-order valence-electron chi connectivity index (χ2n) is 8.89. The maximum Gasteiger partial charge on any atom is 0.417 e. The molecule has 0 unspecified atom stereocenters. The SMILES string of the molecule is CCOC(=O)c1cc2c(=O)n3ccccc3nc2n(C[C@H]2CCCO2)c1=NC(=O)c1ccccc1C(F)(F)F. The molecule has 1 aromatic carbocycles. The van der Waals surface area contributed by atoms with E-state index in [4.69, 9.17) is 9.47 Å². The van der Waals surface area contributed by atoms with Crippen molar-refractivity contribution in [3.8, 4) is 0 Å². The van der Waals surface area contributed by atoms with Crippen molar-refractivity contribution in [2.75, 3.05) is 13.2 Å². The van der Waals surface area contributed by atoms with Crippen LogP contribution in [0.4, 0.5) is 13.2 Å². The minimum absolute atomic E-state index is 0.0259. The molecule has 1 amide bonds. The summed E-state index contributed by atoms with van der Waals surface area (Å²) in [6.07, 6.45) is -2.23. The molecule has 1 fully saturated rings. The molecule has 1 saturated heterocycles. The molecule has 0 spiro atoms. The Morgan fingerprint density at radius 3 is 2.64 bits per heavy atom. The minimum Gasteiger partial charge on any atom is -0.462 e. The number of benzene rings is 1. The first-order chi connectivity index (χ1) is 18.7. The average molecular weight is 540 g/mol. The molecule has 0 radical (unpaired) electrons. The van der Waals surface area contributed by atoms with Crippen LogP contribution >= 0.6 is 0 Å². The first-order valence-corrected chi connectivity index (χ1v) is 12.3. The third kappa shape index (κ3) is 5.07. The molecule has 0 bridgehead atoms. The van der Waals surface area contributed by atoms with Crippen LogP contribution < -0.4 is 11.0 Å². The van der Waals surface area contributed by atoms with E-state index in [1.165, 1.54) is 33.4 Å². The number of hydrogen-bond acceptors (Lipinski definition) is 6. The lowest BCUT2D eigenvalue weighted by Gasteiger charge is -2.18. The van der Waals surface area contributed by atoms with Crippen LogP contribution in [0.1, 0.15) is 46.0 Å². The molecule has 4 heterocycles. The molecule has 1 atom stereocenters. The third-order valence-corrected chi connectivity index (χ3v) is 6.37. The van der Waals surface area contributed by atoms with Crippen molar-refractivity contribution in [3.63, 3.8) is 0 Å². The number of rotatable bonds is 5. The topological polar surface area (TPSA) is 104 Å². The summed E-state index contributed by atoms with van der Waals surface area (Å²) >= 11 is 0. The van der Waals surface area contributed by atoms with Crippen LogP contribution in [0, 0.1) is 0 Å². The van der Waals surface area contributed by atoms with Crippen LogP contribution in [-0.4, -0.2) is 45.1 Å². The smallest absolute Gasteiger partial charge is 0.417 e. The average Bonchev–Trinajstić information content (AvgIpc) is 3.43. The van der Waals surface area contributed by atoms with Crippen molar-refractivity contribution in [3.05, 3.63) is 87.3 Å². The van der Waals surface area contributed by atoms with E-state index >= 15 is 0 Å². The van der Waals surface area contributed by atoms with Crippen LogP contribution in [0.2, 0.25) is 0 Å². The largest absolute Gasteiger partial charge is 0.462 e. The normalized spacial score (nSPS) is 16.2. The number of aromatic nitrogens is 3. The fraction of sp³-hybridized carbons (Fsp3) is 0.296. The molecule has 1 aliphatic rings. The van der Waals surface area contributed by atoms with Gasteiger partial charge >= 0.3 is 12.1 Å². The zero-order valence-corrected chi connectivity index (χ0v) is 20.8.